The van der Waals surface area contributed by atoms with E-state index in [0.717, 1.165) is 20.9 Å². The summed E-state index contributed by atoms with van der Waals surface area (Å²) in [6, 6.07) is 10.4. The highest BCUT2D eigenvalue weighted by Gasteiger charge is 2.12. The number of nitro groups is 1. The quantitative estimate of drug-likeness (QED) is 0.509. The molecule has 1 aromatic heterocycles. The molecule has 0 atom stereocenters. The molecule has 0 aliphatic rings. The number of aliphatic hydroxyl groups is 1. The van der Waals surface area contributed by atoms with Crippen molar-refractivity contribution in [3.63, 3.8) is 0 Å². The van der Waals surface area contributed by atoms with Crippen molar-refractivity contribution in [3.05, 3.63) is 68.3 Å². The fraction of sp³-hybridized carbons (Fsp3) is 0.118. The Balaban J connectivity index is 2.16. The third-order valence-electron chi connectivity index (χ3n) is 3.62. The van der Waals surface area contributed by atoms with E-state index >= 15 is 0 Å². The highest BCUT2D eigenvalue weighted by Crippen LogP contribution is 2.32. The van der Waals surface area contributed by atoms with E-state index in [-0.39, 0.29) is 12.3 Å². The van der Waals surface area contributed by atoms with Gasteiger partial charge in [0.15, 0.2) is 0 Å². The summed E-state index contributed by atoms with van der Waals surface area (Å²) in [5.41, 5.74) is 3.44. The van der Waals surface area contributed by atoms with Crippen LogP contribution in [-0.4, -0.2) is 15.0 Å². The van der Waals surface area contributed by atoms with Crippen LogP contribution in [0.5, 0.6) is 0 Å². The molecule has 0 bridgehead atoms. The predicted octanol–water partition coefficient (Wildman–Crippen LogP) is 4.45. The molecule has 1 heterocycles. The molecule has 0 saturated carbocycles. The maximum absolute atomic E-state index is 11.1. The highest BCUT2D eigenvalue weighted by atomic mass is 79.9. The van der Waals surface area contributed by atoms with E-state index in [4.69, 9.17) is 0 Å². The van der Waals surface area contributed by atoms with E-state index in [9.17, 15) is 15.2 Å². The summed E-state index contributed by atoms with van der Waals surface area (Å²) in [5, 5.41) is 24.7. The van der Waals surface area contributed by atoms with Gasteiger partial charge in [-0.2, -0.15) is 0 Å². The fourth-order valence-electron chi connectivity index (χ4n) is 2.56. The molecule has 0 aliphatic heterocycles. The average molecular weight is 388 g/mol. The smallest absolute Gasteiger partial charge is 0.271 e. The summed E-state index contributed by atoms with van der Waals surface area (Å²) >= 11 is 3.43. The van der Waals surface area contributed by atoms with E-state index < -0.39 is 4.92 Å². The van der Waals surface area contributed by atoms with Crippen LogP contribution in [0.2, 0.25) is 0 Å². The van der Waals surface area contributed by atoms with E-state index in [1.165, 1.54) is 12.1 Å². The molecular formula is C17H14BrN3O3. The molecule has 0 aliphatic carbocycles. The lowest BCUT2D eigenvalue weighted by molar-refractivity contribution is -0.384. The van der Waals surface area contributed by atoms with Crippen molar-refractivity contribution in [1.82, 2.24) is 4.98 Å². The lowest BCUT2D eigenvalue weighted by Crippen LogP contribution is -2.00. The predicted molar refractivity (Wildman–Crippen MR) is 96.5 cm³/mol. The number of rotatable bonds is 4. The van der Waals surface area contributed by atoms with Crippen molar-refractivity contribution in [2.45, 2.75) is 13.5 Å². The van der Waals surface area contributed by atoms with Gasteiger partial charge in [-0.05, 0) is 36.8 Å². The van der Waals surface area contributed by atoms with Gasteiger partial charge in [-0.25, -0.2) is 0 Å². The number of nitrogens with zero attached hydrogens (tertiary/aromatic N) is 2. The summed E-state index contributed by atoms with van der Waals surface area (Å²) < 4.78 is 0.880. The monoisotopic (exact) mass is 387 g/mol. The number of benzene rings is 2. The zero-order valence-corrected chi connectivity index (χ0v) is 14.4. The minimum absolute atomic E-state index is 0.0163. The Kier molecular flexibility index (Phi) is 4.46. The Labute approximate surface area is 146 Å². The standard InChI is InChI=1S/C17H14BrN3O3/c1-10-4-13(7-14(5-10)21(23)24)20-17-11(9-22)8-19-16-3-2-12(18)6-15(16)17/h2-8,22H,9H2,1H3,(H,19,20). The number of aryl methyl sites for hydroxylation is 1. The summed E-state index contributed by atoms with van der Waals surface area (Å²) in [6.07, 6.45) is 1.60. The van der Waals surface area contributed by atoms with Crippen LogP contribution >= 0.6 is 15.9 Å². The molecule has 0 fully saturated rings. The van der Waals surface area contributed by atoms with Gasteiger partial charge in [0.2, 0.25) is 0 Å². The van der Waals surface area contributed by atoms with Gasteiger partial charge in [0.1, 0.15) is 0 Å². The van der Waals surface area contributed by atoms with E-state index in [0.29, 0.717) is 16.9 Å². The summed E-state index contributed by atoms with van der Waals surface area (Å²) in [5.74, 6) is 0. The van der Waals surface area contributed by atoms with Crippen LogP contribution in [-0.2, 0) is 6.61 Å². The minimum atomic E-state index is -0.424. The van der Waals surface area contributed by atoms with Crippen LogP contribution in [0.4, 0.5) is 17.1 Å². The number of fused-ring (bicyclic) bond motifs is 1. The van der Waals surface area contributed by atoms with Crippen LogP contribution in [0.1, 0.15) is 11.1 Å². The fourth-order valence-corrected chi connectivity index (χ4v) is 2.92. The number of non-ortho nitro benzene ring substituents is 1. The summed E-state index contributed by atoms with van der Waals surface area (Å²) in [4.78, 5) is 15.0. The van der Waals surface area contributed by atoms with Gasteiger partial charge < -0.3 is 10.4 Å². The van der Waals surface area contributed by atoms with Gasteiger partial charge >= 0.3 is 0 Å². The Morgan fingerprint density at radius 2 is 2.08 bits per heavy atom. The molecule has 3 aromatic rings. The molecule has 2 N–H and O–H groups in total. The van der Waals surface area contributed by atoms with Gasteiger partial charge in [-0.3, -0.25) is 15.1 Å². The first-order valence-electron chi connectivity index (χ1n) is 7.19. The van der Waals surface area contributed by atoms with E-state index in [2.05, 4.69) is 26.2 Å². The lowest BCUT2D eigenvalue weighted by atomic mass is 10.1. The first-order chi connectivity index (χ1) is 11.5. The zero-order chi connectivity index (χ0) is 17.3. The molecule has 0 unspecified atom stereocenters. The first-order valence-corrected chi connectivity index (χ1v) is 7.98. The molecule has 0 saturated heterocycles. The topological polar surface area (TPSA) is 88.3 Å². The van der Waals surface area contributed by atoms with Crippen molar-refractivity contribution >= 4 is 43.9 Å². The van der Waals surface area contributed by atoms with Gasteiger partial charge in [-0.1, -0.05) is 15.9 Å². The van der Waals surface area contributed by atoms with Crippen LogP contribution in [0.3, 0.4) is 0 Å². The number of hydrogen-bond acceptors (Lipinski definition) is 5. The second-order valence-corrected chi connectivity index (χ2v) is 6.33. The second kappa shape index (κ2) is 6.54. The van der Waals surface area contributed by atoms with Crippen molar-refractivity contribution in [2.24, 2.45) is 0 Å². The number of nitrogens with one attached hydrogen (secondary N) is 1. The molecule has 0 radical (unpaired) electrons. The Hall–Kier alpha value is -2.51. The second-order valence-electron chi connectivity index (χ2n) is 5.42. The maximum Gasteiger partial charge on any atom is 0.271 e. The number of aliphatic hydroxyl groups excluding tert-OH is 1. The SMILES string of the molecule is Cc1cc(Nc2c(CO)cnc3ccc(Br)cc23)cc([N+](=O)[O-])c1. The number of pyridine rings is 1. The maximum atomic E-state index is 11.1. The van der Waals surface area contributed by atoms with Crippen molar-refractivity contribution in [3.8, 4) is 0 Å². The third-order valence-corrected chi connectivity index (χ3v) is 4.11. The summed E-state index contributed by atoms with van der Waals surface area (Å²) in [6.45, 7) is 1.61. The number of anilines is 2. The molecule has 6 nitrogen and oxygen atoms in total. The van der Waals surface area contributed by atoms with Gasteiger partial charge in [-0.15, -0.1) is 0 Å². The van der Waals surface area contributed by atoms with E-state index in [1.807, 2.05) is 24.3 Å². The number of aromatic nitrogens is 1. The van der Waals surface area contributed by atoms with Crippen LogP contribution < -0.4 is 5.32 Å². The lowest BCUT2D eigenvalue weighted by Gasteiger charge is -2.14. The minimum Gasteiger partial charge on any atom is -0.392 e. The molecule has 24 heavy (non-hydrogen) atoms. The number of nitro benzene ring substituents is 1. The third kappa shape index (κ3) is 3.22. The molecular weight excluding hydrogens is 374 g/mol. The molecule has 0 spiro atoms. The molecule has 0 amide bonds. The van der Waals surface area contributed by atoms with Crippen LogP contribution in [0, 0.1) is 17.0 Å². The van der Waals surface area contributed by atoms with Crippen molar-refractivity contribution in [2.75, 3.05) is 5.32 Å². The molecule has 7 heteroatoms. The normalized spacial score (nSPS) is 10.8. The van der Waals surface area contributed by atoms with Crippen LogP contribution in [0.15, 0.2) is 47.1 Å². The number of hydrogen-bond donors (Lipinski definition) is 2. The van der Waals surface area contributed by atoms with Crippen molar-refractivity contribution in [1.29, 1.82) is 0 Å². The van der Waals surface area contributed by atoms with Crippen LogP contribution in [0.25, 0.3) is 10.9 Å². The first kappa shape index (κ1) is 16.4. The molecule has 3 rings (SSSR count). The van der Waals surface area contributed by atoms with E-state index in [1.54, 1.807) is 13.1 Å². The Morgan fingerprint density at radius 3 is 2.79 bits per heavy atom. The largest absolute Gasteiger partial charge is 0.392 e. The average Bonchev–Trinajstić information content (AvgIpc) is 2.54. The molecule has 122 valence electrons. The van der Waals surface area contributed by atoms with Gasteiger partial charge in [0.25, 0.3) is 5.69 Å². The van der Waals surface area contributed by atoms with Gasteiger partial charge in [0, 0.05) is 39.4 Å². The summed E-state index contributed by atoms with van der Waals surface area (Å²) in [7, 11) is 0. The highest BCUT2D eigenvalue weighted by molar-refractivity contribution is 9.10. The van der Waals surface area contributed by atoms with Gasteiger partial charge in [0.05, 0.1) is 22.7 Å². The molecule has 2 aromatic carbocycles. The zero-order valence-electron chi connectivity index (χ0n) is 12.8. The van der Waals surface area contributed by atoms with Crippen molar-refractivity contribution < 1.29 is 10.0 Å². The number of halogens is 1. The Morgan fingerprint density at radius 1 is 1.29 bits per heavy atom. The Bertz CT molecular complexity index is 944.